The second kappa shape index (κ2) is 4.99. The van der Waals surface area contributed by atoms with E-state index in [1.807, 2.05) is 0 Å². The van der Waals surface area contributed by atoms with E-state index in [0.717, 1.165) is 17.8 Å². The third-order valence-electron chi connectivity index (χ3n) is 2.11. The maximum absolute atomic E-state index is 11.2. The maximum Gasteiger partial charge on any atom is 0.336 e. The zero-order valence-corrected chi connectivity index (χ0v) is 10.9. The van der Waals surface area contributed by atoms with Crippen LogP contribution in [0.25, 0.3) is 0 Å². The van der Waals surface area contributed by atoms with Gasteiger partial charge < -0.3 is 5.11 Å². The Hall–Kier alpha value is -1.91. The number of sulfonamides is 1. The average molecular weight is 300 g/mol. The monoisotopic (exact) mass is 300 g/mol. The molecule has 0 aliphatic carbocycles. The zero-order chi connectivity index (χ0) is 14.0. The van der Waals surface area contributed by atoms with Crippen molar-refractivity contribution in [2.45, 2.75) is 14.9 Å². The summed E-state index contributed by atoms with van der Waals surface area (Å²) in [6.45, 7) is 0. The van der Waals surface area contributed by atoms with Crippen molar-refractivity contribution >= 4 is 27.8 Å². The van der Waals surface area contributed by atoms with Gasteiger partial charge in [-0.05, 0) is 30.0 Å². The van der Waals surface area contributed by atoms with Crippen molar-refractivity contribution in [1.29, 1.82) is 0 Å². The van der Waals surface area contributed by atoms with Crippen LogP contribution in [0.15, 0.2) is 39.5 Å². The Kier molecular flexibility index (Phi) is 3.55. The summed E-state index contributed by atoms with van der Waals surface area (Å²) in [4.78, 5) is 15.1. The van der Waals surface area contributed by atoms with Crippen molar-refractivity contribution in [3.63, 3.8) is 0 Å². The van der Waals surface area contributed by atoms with Gasteiger partial charge in [-0.2, -0.15) is 5.10 Å². The Balaban J connectivity index is 2.47. The molecule has 1 heterocycles. The number of hydrogen-bond acceptors (Lipinski definition) is 6. The molecular weight excluding hydrogens is 292 g/mol. The lowest BCUT2D eigenvalue weighted by molar-refractivity contribution is 0.0693. The molecule has 0 saturated heterocycles. The van der Waals surface area contributed by atoms with Crippen LogP contribution in [0.2, 0.25) is 0 Å². The van der Waals surface area contributed by atoms with Crippen LogP contribution < -0.4 is 5.14 Å². The number of carboxylic acid groups (broad SMARTS) is 1. The van der Waals surface area contributed by atoms with Gasteiger partial charge in [-0.15, -0.1) is 0 Å². The molecule has 2 aromatic rings. The predicted molar refractivity (Wildman–Crippen MR) is 65.3 cm³/mol. The first-order valence-corrected chi connectivity index (χ1v) is 7.17. The van der Waals surface area contributed by atoms with Crippen molar-refractivity contribution < 1.29 is 18.3 Å². The molecule has 0 amide bonds. The summed E-state index contributed by atoms with van der Waals surface area (Å²) in [6.07, 6.45) is 1.28. The summed E-state index contributed by atoms with van der Waals surface area (Å²) in [5, 5.41) is 20.6. The van der Waals surface area contributed by atoms with E-state index < -0.39 is 16.0 Å². The van der Waals surface area contributed by atoms with Gasteiger partial charge in [-0.3, -0.25) is 5.10 Å². The topological polar surface area (TPSA) is 139 Å². The van der Waals surface area contributed by atoms with Crippen molar-refractivity contribution in [2.75, 3.05) is 0 Å². The lowest BCUT2D eigenvalue weighted by Gasteiger charge is -2.05. The van der Waals surface area contributed by atoms with Crippen LogP contribution in [-0.4, -0.2) is 34.7 Å². The van der Waals surface area contributed by atoms with Crippen LogP contribution >= 0.6 is 11.8 Å². The fourth-order valence-corrected chi connectivity index (χ4v) is 2.63. The number of nitrogens with one attached hydrogen (secondary N) is 1. The molecule has 0 fully saturated rings. The van der Waals surface area contributed by atoms with E-state index in [0.29, 0.717) is 10.1 Å². The summed E-state index contributed by atoms with van der Waals surface area (Å²) >= 11 is 1.02. The molecule has 0 bridgehead atoms. The highest BCUT2D eigenvalue weighted by Gasteiger charge is 2.17. The molecule has 1 aromatic heterocycles. The predicted octanol–water partition coefficient (Wildman–Crippen LogP) is 0.301. The largest absolute Gasteiger partial charge is 0.478 e. The quantitative estimate of drug-likeness (QED) is 0.737. The summed E-state index contributed by atoms with van der Waals surface area (Å²) < 4.78 is 22.4. The third-order valence-corrected chi connectivity index (χ3v) is 3.99. The van der Waals surface area contributed by atoms with Gasteiger partial charge in [0.15, 0.2) is 5.16 Å². The summed E-state index contributed by atoms with van der Waals surface area (Å²) in [7, 11) is -3.95. The highest BCUT2D eigenvalue weighted by atomic mass is 32.2. The van der Waals surface area contributed by atoms with Crippen LogP contribution in [0.4, 0.5) is 0 Å². The highest BCUT2D eigenvalue weighted by molar-refractivity contribution is 7.99. The number of aromatic nitrogens is 3. The lowest BCUT2D eigenvalue weighted by atomic mass is 10.2. The molecule has 0 unspecified atom stereocenters. The number of carboxylic acids is 1. The van der Waals surface area contributed by atoms with Gasteiger partial charge in [0.05, 0.1) is 10.5 Å². The Morgan fingerprint density at radius 3 is 2.68 bits per heavy atom. The van der Waals surface area contributed by atoms with Gasteiger partial charge in [0.1, 0.15) is 6.33 Å². The molecule has 2 rings (SSSR count). The van der Waals surface area contributed by atoms with E-state index in [9.17, 15) is 13.2 Å². The number of rotatable bonds is 4. The van der Waals surface area contributed by atoms with Crippen molar-refractivity contribution in [3.8, 4) is 0 Å². The first-order valence-electron chi connectivity index (χ1n) is 4.81. The van der Waals surface area contributed by atoms with Crippen LogP contribution in [0.5, 0.6) is 0 Å². The van der Waals surface area contributed by atoms with Crippen LogP contribution in [-0.2, 0) is 10.0 Å². The van der Waals surface area contributed by atoms with Gasteiger partial charge >= 0.3 is 5.97 Å². The minimum absolute atomic E-state index is 0.173. The van der Waals surface area contributed by atoms with Crippen molar-refractivity contribution in [2.24, 2.45) is 5.14 Å². The summed E-state index contributed by atoms with van der Waals surface area (Å²) in [6, 6.07) is 3.60. The molecular formula is C9H8N4O4S2. The lowest BCUT2D eigenvalue weighted by Crippen LogP contribution is -2.13. The van der Waals surface area contributed by atoms with E-state index in [-0.39, 0.29) is 10.5 Å². The SMILES string of the molecule is NS(=O)(=O)c1ccc(Sc2ncn[nH]2)c(C(=O)O)c1. The van der Waals surface area contributed by atoms with Gasteiger partial charge in [-0.1, -0.05) is 0 Å². The molecule has 10 heteroatoms. The number of primary sulfonamides is 1. The number of aromatic amines is 1. The molecule has 8 nitrogen and oxygen atoms in total. The average Bonchev–Trinajstić information content (AvgIpc) is 2.80. The van der Waals surface area contributed by atoms with Crippen molar-refractivity contribution in [3.05, 3.63) is 30.1 Å². The molecule has 0 aliphatic rings. The first-order chi connectivity index (χ1) is 8.88. The summed E-state index contributed by atoms with van der Waals surface area (Å²) in [5.41, 5.74) is -0.173. The second-order valence-electron chi connectivity index (χ2n) is 3.40. The van der Waals surface area contributed by atoms with Gasteiger partial charge in [0.25, 0.3) is 0 Å². The second-order valence-corrected chi connectivity index (χ2v) is 5.99. The molecule has 4 N–H and O–H groups in total. The number of hydrogen-bond donors (Lipinski definition) is 3. The molecule has 0 saturated carbocycles. The number of benzene rings is 1. The minimum atomic E-state index is -3.95. The van der Waals surface area contributed by atoms with Crippen LogP contribution in [0.1, 0.15) is 10.4 Å². The Morgan fingerprint density at radius 1 is 1.42 bits per heavy atom. The standard InChI is InChI=1S/C9H8N4O4S2/c10-19(16,17)5-1-2-7(6(3-5)8(14)15)18-9-11-4-12-13-9/h1-4H,(H,14,15)(H2,10,16,17)(H,11,12,13). The highest BCUT2D eigenvalue weighted by Crippen LogP contribution is 2.29. The van der Waals surface area contributed by atoms with Gasteiger partial charge in [0, 0.05) is 4.90 Å². The smallest absolute Gasteiger partial charge is 0.336 e. The van der Waals surface area contributed by atoms with E-state index >= 15 is 0 Å². The maximum atomic E-state index is 11.2. The van der Waals surface area contributed by atoms with E-state index in [1.54, 1.807) is 0 Å². The number of H-pyrrole nitrogens is 1. The fraction of sp³-hybridized carbons (Fsp3) is 0. The third kappa shape index (κ3) is 3.10. The van der Waals surface area contributed by atoms with E-state index in [2.05, 4.69) is 15.2 Å². The van der Waals surface area contributed by atoms with Crippen LogP contribution in [0, 0.1) is 0 Å². The number of nitrogens with zero attached hydrogens (tertiary/aromatic N) is 2. The Labute approximate surface area is 112 Å². The number of carbonyl (C=O) groups is 1. The number of nitrogens with two attached hydrogens (primary N) is 1. The van der Waals surface area contributed by atoms with Gasteiger partial charge in [-0.25, -0.2) is 23.3 Å². The Morgan fingerprint density at radius 2 is 2.16 bits per heavy atom. The first kappa shape index (κ1) is 13.5. The zero-order valence-electron chi connectivity index (χ0n) is 9.27. The Bertz CT molecular complexity index is 712. The fourth-order valence-electron chi connectivity index (χ4n) is 1.29. The van der Waals surface area contributed by atoms with Crippen molar-refractivity contribution in [1.82, 2.24) is 15.2 Å². The molecule has 0 radical (unpaired) electrons. The molecule has 0 aliphatic heterocycles. The molecule has 100 valence electrons. The van der Waals surface area contributed by atoms with Crippen LogP contribution in [0.3, 0.4) is 0 Å². The van der Waals surface area contributed by atoms with E-state index in [1.165, 1.54) is 18.5 Å². The normalized spacial score (nSPS) is 11.4. The molecule has 1 aromatic carbocycles. The molecule has 0 atom stereocenters. The minimum Gasteiger partial charge on any atom is -0.478 e. The summed E-state index contributed by atoms with van der Waals surface area (Å²) in [5.74, 6) is -1.26. The van der Waals surface area contributed by atoms with Gasteiger partial charge in [0.2, 0.25) is 10.0 Å². The molecule has 0 spiro atoms. The number of aromatic carboxylic acids is 1. The molecule has 19 heavy (non-hydrogen) atoms. The van der Waals surface area contributed by atoms with E-state index in [4.69, 9.17) is 10.2 Å².